The van der Waals surface area contributed by atoms with Crippen LogP contribution in [0.15, 0.2) is 42.5 Å². The lowest BCUT2D eigenvalue weighted by Crippen LogP contribution is -2.39. The van der Waals surface area contributed by atoms with Crippen molar-refractivity contribution in [3.05, 3.63) is 48.0 Å². The van der Waals surface area contributed by atoms with Crippen LogP contribution in [0.1, 0.15) is 25.3 Å². The van der Waals surface area contributed by atoms with Gasteiger partial charge < -0.3 is 9.47 Å². The van der Waals surface area contributed by atoms with Gasteiger partial charge in [0.1, 0.15) is 14.5 Å². The van der Waals surface area contributed by atoms with Gasteiger partial charge in [-0.05, 0) is 17.9 Å². The van der Waals surface area contributed by atoms with Gasteiger partial charge in [0.25, 0.3) is 0 Å². The Bertz CT molecular complexity index is 542. The van der Waals surface area contributed by atoms with E-state index in [1.54, 1.807) is 0 Å². The van der Waals surface area contributed by atoms with Crippen LogP contribution in [0.4, 0.5) is 0 Å². The smallest absolute Gasteiger partial charge is 0.309 e. The fourth-order valence-electron chi connectivity index (χ4n) is 3.60. The van der Waals surface area contributed by atoms with E-state index in [0.29, 0.717) is 24.9 Å². The maximum Gasteiger partial charge on any atom is 0.309 e. The van der Waals surface area contributed by atoms with E-state index in [2.05, 4.69) is 26.9 Å². The molecule has 4 atom stereocenters. The highest BCUT2D eigenvalue weighted by Gasteiger charge is 2.52. The first-order chi connectivity index (χ1) is 10.1. The van der Waals surface area contributed by atoms with Gasteiger partial charge in [0.2, 0.25) is 0 Å². The molecule has 0 radical (unpaired) electrons. The molecule has 1 aliphatic carbocycles. The fraction of sp³-hybridized carbons (Fsp3) is 0.471. The van der Waals surface area contributed by atoms with Gasteiger partial charge in [0, 0.05) is 11.9 Å². The average molecular weight is 284 g/mol. The normalized spacial score (nSPS) is 33.9. The lowest BCUT2D eigenvalue weighted by atomic mass is 9.71. The predicted molar refractivity (Wildman–Crippen MR) is 83.4 cm³/mol. The SMILES string of the molecule is B[C@@H]1O[C@@]2(CC(=O)OCc3ccccc3)CC=C[C@H]1C2C. The lowest BCUT2D eigenvalue weighted by molar-refractivity contribution is -0.153. The van der Waals surface area contributed by atoms with E-state index in [1.165, 1.54) is 0 Å². The van der Waals surface area contributed by atoms with E-state index in [9.17, 15) is 4.79 Å². The van der Waals surface area contributed by atoms with Gasteiger partial charge in [-0.1, -0.05) is 49.4 Å². The third-order valence-corrected chi connectivity index (χ3v) is 4.88. The van der Waals surface area contributed by atoms with E-state index in [0.717, 1.165) is 12.0 Å². The second-order valence-electron chi connectivity index (χ2n) is 6.21. The van der Waals surface area contributed by atoms with Crippen molar-refractivity contribution in [3.8, 4) is 0 Å². The van der Waals surface area contributed by atoms with Gasteiger partial charge in [-0.25, -0.2) is 0 Å². The minimum atomic E-state index is -0.368. The Hall–Kier alpha value is -1.55. The molecule has 1 unspecified atom stereocenters. The Morgan fingerprint density at radius 1 is 1.43 bits per heavy atom. The first-order valence-corrected chi connectivity index (χ1v) is 7.65. The topological polar surface area (TPSA) is 35.5 Å². The van der Waals surface area contributed by atoms with Gasteiger partial charge in [-0.15, -0.1) is 0 Å². The van der Waals surface area contributed by atoms with Gasteiger partial charge in [-0.2, -0.15) is 0 Å². The van der Waals surface area contributed by atoms with Gasteiger partial charge in [0.15, 0.2) is 0 Å². The number of hydrogen-bond acceptors (Lipinski definition) is 3. The Morgan fingerprint density at radius 3 is 2.95 bits per heavy atom. The van der Waals surface area contributed by atoms with Crippen LogP contribution in [0.2, 0.25) is 0 Å². The highest BCUT2D eigenvalue weighted by atomic mass is 16.5. The number of benzene rings is 1. The summed E-state index contributed by atoms with van der Waals surface area (Å²) in [6.07, 6.45) is 5.52. The molecule has 110 valence electrons. The highest BCUT2D eigenvalue weighted by molar-refractivity contribution is 6.11. The Labute approximate surface area is 126 Å². The standard InChI is InChI=1S/C17H21BO3/c1-12-14-8-5-9-17(12,21-16(14)18)10-15(19)20-11-13-6-3-2-4-7-13/h2-8,12,14,16H,9-11,18H2,1H3/t12?,14-,16+,17+/m0/s1. The molecule has 4 heteroatoms. The number of esters is 1. The molecule has 2 aliphatic rings. The van der Waals surface area contributed by atoms with Crippen LogP contribution in [0.25, 0.3) is 0 Å². The molecule has 1 aromatic rings. The monoisotopic (exact) mass is 284 g/mol. The summed E-state index contributed by atoms with van der Waals surface area (Å²) in [5.41, 5.74) is 0.644. The summed E-state index contributed by atoms with van der Waals surface area (Å²) in [6.45, 7) is 2.51. The van der Waals surface area contributed by atoms with Crippen LogP contribution < -0.4 is 0 Å². The van der Waals surface area contributed by atoms with Crippen molar-refractivity contribution in [2.45, 2.75) is 38.0 Å². The Kier molecular flexibility index (Phi) is 3.90. The largest absolute Gasteiger partial charge is 0.461 e. The van der Waals surface area contributed by atoms with Crippen molar-refractivity contribution in [1.29, 1.82) is 0 Å². The van der Waals surface area contributed by atoms with E-state index in [-0.39, 0.29) is 17.6 Å². The molecule has 1 saturated heterocycles. The zero-order valence-corrected chi connectivity index (χ0v) is 12.6. The summed E-state index contributed by atoms with van der Waals surface area (Å²) in [5, 5.41) is 0. The Morgan fingerprint density at radius 2 is 2.19 bits per heavy atom. The van der Waals surface area contributed by atoms with Crippen LogP contribution in [-0.4, -0.2) is 25.4 Å². The molecule has 0 amide bonds. The zero-order chi connectivity index (χ0) is 14.9. The van der Waals surface area contributed by atoms with Crippen molar-refractivity contribution in [2.24, 2.45) is 11.8 Å². The third kappa shape index (κ3) is 2.77. The molecule has 1 heterocycles. The minimum Gasteiger partial charge on any atom is -0.461 e. The molecule has 1 fully saturated rings. The number of hydrogen-bond donors (Lipinski definition) is 0. The molecule has 0 N–H and O–H groups in total. The molecular formula is C17H21BO3. The van der Waals surface area contributed by atoms with E-state index >= 15 is 0 Å². The van der Waals surface area contributed by atoms with Crippen molar-refractivity contribution in [1.82, 2.24) is 0 Å². The third-order valence-electron chi connectivity index (χ3n) is 4.88. The molecule has 3 nitrogen and oxygen atoms in total. The summed E-state index contributed by atoms with van der Waals surface area (Å²) in [5.74, 6) is 0.608. The maximum absolute atomic E-state index is 12.2. The summed E-state index contributed by atoms with van der Waals surface area (Å²) in [7, 11) is 2.09. The van der Waals surface area contributed by atoms with Gasteiger partial charge in [0.05, 0.1) is 12.0 Å². The van der Waals surface area contributed by atoms with Crippen molar-refractivity contribution in [2.75, 3.05) is 0 Å². The molecule has 21 heavy (non-hydrogen) atoms. The summed E-state index contributed by atoms with van der Waals surface area (Å²) in [6, 6.07) is 9.95. The molecule has 0 aromatic heterocycles. The van der Waals surface area contributed by atoms with Crippen LogP contribution in [0.3, 0.4) is 0 Å². The van der Waals surface area contributed by atoms with Crippen molar-refractivity contribution < 1.29 is 14.3 Å². The number of carbonyl (C=O) groups excluding carboxylic acids is 1. The van der Waals surface area contributed by atoms with Gasteiger partial charge >= 0.3 is 5.97 Å². The van der Waals surface area contributed by atoms with Crippen molar-refractivity contribution in [3.63, 3.8) is 0 Å². The molecule has 3 rings (SSSR count). The van der Waals surface area contributed by atoms with E-state index in [1.807, 2.05) is 30.3 Å². The minimum absolute atomic E-state index is 0.172. The number of carbonyl (C=O) groups is 1. The molecular weight excluding hydrogens is 263 g/mol. The second kappa shape index (κ2) is 5.68. The van der Waals surface area contributed by atoms with Crippen LogP contribution in [0, 0.1) is 11.8 Å². The molecule has 2 bridgehead atoms. The number of ether oxygens (including phenoxy) is 2. The Balaban J connectivity index is 1.61. The van der Waals surface area contributed by atoms with E-state index < -0.39 is 0 Å². The molecule has 1 aliphatic heterocycles. The molecule has 0 saturated carbocycles. The first kappa shape index (κ1) is 14.4. The fourth-order valence-corrected chi connectivity index (χ4v) is 3.60. The highest BCUT2D eigenvalue weighted by Crippen LogP contribution is 2.48. The summed E-state index contributed by atoms with van der Waals surface area (Å²) >= 11 is 0. The lowest BCUT2D eigenvalue weighted by Gasteiger charge is -2.34. The van der Waals surface area contributed by atoms with Crippen LogP contribution >= 0.6 is 0 Å². The number of rotatable bonds is 4. The van der Waals surface area contributed by atoms with Crippen LogP contribution in [0.5, 0.6) is 0 Å². The quantitative estimate of drug-likeness (QED) is 0.482. The first-order valence-electron chi connectivity index (χ1n) is 7.65. The maximum atomic E-state index is 12.2. The average Bonchev–Trinajstić information content (AvgIpc) is 2.62. The second-order valence-corrected chi connectivity index (χ2v) is 6.21. The summed E-state index contributed by atoms with van der Waals surface area (Å²) < 4.78 is 11.6. The van der Waals surface area contributed by atoms with Crippen LogP contribution in [-0.2, 0) is 20.9 Å². The predicted octanol–water partition coefficient (Wildman–Crippen LogP) is 2.06. The number of fused-ring (bicyclic) bond motifs is 2. The van der Waals surface area contributed by atoms with Gasteiger partial charge in [-0.3, -0.25) is 4.79 Å². The summed E-state index contributed by atoms with van der Waals surface area (Å²) in [4.78, 5) is 12.2. The van der Waals surface area contributed by atoms with Crippen molar-refractivity contribution >= 4 is 13.8 Å². The molecule has 1 aromatic carbocycles. The van der Waals surface area contributed by atoms with E-state index in [4.69, 9.17) is 9.47 Å². The zero-order valence-electron chi connectivity index (χ0n) is 12.6. The molecule has 0 spiro atoms.